The van der Waals surface area contributed by atoms with Crippen LogP contribution in [0.2, 0.25) is 5.02 Å². The molecule has 1 heteroatoms. The lowest BCUT2D eigenvalue weighted by Crippen LogP contribution is -1.96. The predicted molar refractivity (Wildman–Crippen MR) is 102 cm³/mol. The Bertz CT molecular complexity index is 1320. The molecule has 0 atom stereocenters. The van der Waals surface area contributed by atoms with Gasteiger partial charge in [0.15, 0.2) is 0 Å². The first-order valence-corrected chi connectivity index (χ1v) is 8.93. The highest BCUT2D eigenvalue weighted by molar-refractivity contribution is 6.31. The maximum absolute atomic E-state index is 6.33. The van der Waals surface area contributed by atoms with Gasteiger partial charge in [0, 0.05) is 5.02 Å². The molecule has 4 aromatic rings. The molecule has 116 valence electrons. The summed E-state index contributed by atoms with van der Waals surface area (Å²) in [5, 5.41) is 11.6. The van der Waals surface area contributed by atoms with Crippen LogP contribution in [0.5, 0.6) is 0 Å². The van der Waals surface area contributed by atoms with E-state index in [1.165, 1.54) is 48.0 Å². The quantitative estimate of drug-likeness (QED) is 0.325. The van der Waals surface area contributed by atoms with E-state index in [-0.39, 0.29) is 0 Å². The van der Waals surface area contributed by atoms with Gasteiger partial charge in [-0.25, -0.2) is 0 Å². The number of benzene rings is 4. The standard InChI is InChI=1S/C23H17Cl/c1-2-5-14-12-15-8-9-16(24)13-21(15)22-17(14)10-11-20-18-6-3-4-7-19(18)23(20)22/h3-4,6-13H,2,5H2,1H3. The van der Waals surface area contributed by atoms with Crippen molar-refractivity contribution in [2.45, 2.75) is 19.8 Å². The van der Waals surface area contributed by atoms with Gasteiger partial charge in [0.1, 0.15) is 0 Å². The summed E-state index contributed by atoms with van der Waals surface area (Å²) in [5.41, 5.74) is 1.44. The third-order valence-electron chi connectivity index (χ3n) is 5.17. The summed E-state index contributed by atoms with van der Waals surface area (Å²) < 4.78 is 0. The van der Waals surface area contributed by atoms with Gasteiger partial charge in [0.25, 0.3) is 0 Å². The summed E-state index contributed by atoms with van der Waals surface area (Å²) in [6, 6.07) is 21.9. The molecule has 1 aliphatic carbocycles. The van der Waals surface area contributed by atoms with Gasteiger partial charge >= 0.3 is 0 Å². The van der Waals surface area contributed by atoms with Crippen LogP contribution < -0.4 is 0 Å². The zero-order chi connectivity index (χ0) is 16.3. The molecule has 4 aromatic carbocycles. The topological polar surface area (TPSA) is 0 Å². The summed E-state index contributed by atoms with van der Waals surface area (Å²) >= 11 is 6.33. The van der Waals surface area contributed by atoms with E-state index >= 15 is 0 Å². The Morgan fingerprint density at radius 2 is 1.62 bits per heavy atom. The molecule has 24 heavy (non-hydrogen) atoms. The fourth-order valence-corrected chi connectivity index (χ4v) is 4.31. The summed E-state index contributed by atoms with van der Waals surface area (Å²) in [6.07, 6.45) is 2.26. The van der Waals surface area contributed by atoms with Crippen LogP contribution in [0.15, 0.2) is 60.7 Å². The first-order valence-electron chi connectivity index (χ1n) is 8.55. The highest BCUT2D eigenvalue weighted by Crippen LogP contribution is 2.34. The van der Waals surface area contributed by atoms with Crippen molar-refractivity contribution in [3.05, 3.63) is 92.1 Å². The second-order valence-electron chi connectivity index (χ2n) is 6.61. The Kier molecular flexibility index (Phi) is 2.98. The van der Waals surface area contributed by atoms with E-state index < -0.39 is 0 Å². The lowest BCUT2D eigenvalue weighted by atomic mass is 9.89. The zero-order valence-electron chi connectivity index (χ0n) is 13.6. The fourth-order valence-electron chi connectivity index (χ4n) is 4.14. The van der Waals surface area contributed by atoms with Crippen molar-refractivity contribution in [1.29, 1.82) is 0 Å². The minimum atomic E-state index is 0.803. The van der Waals surface area contributed by atoms with Gasteiger partial charge in [0.05, 0.1) is 0 Å². The lowest BCUT2D eigenvalue weighted by Gasteiger charge is -2.15. The van der Waals surface area contributed by atoms with Gasteiger partial charge in [-0.15, -0.1) is 0 Å². The van der Waals surface area contributed by atoms with E-state index in [0.717, 1.165) is 17.9 Å². The molecule has 0 N–H and O–H groups in total. The minimum absolute atomic E-state index is 0.803. The SMILES string of the molecule is CCCc1cc2ccc(Cl)cc2c2c3c(ccc12)=c1ccccc1=3. The van der Waals surface area contributed by atoms with Crippen molar-refractivity contribution in [3.8, 4) is 0 Å². The molecule has 0 bridgehead atoms. The van der Waals surface area contributed by atoms with Crippen LogP contribution in [-0.2, 0) is 6.42 Å². The maximum atomic E-state index is 6.33. The molecule has 5 rings (SSSR count). The number of halogens is 1. The van der Waals surface area contributed by atoms with Crippen LogP contribution in [0.3, 0.4) is 0 Å². The highest BCUT2D eigenvalue weighted by atomic mass is 35.5. The van der Waals surface area contributed by atoms with Gasteiger partial charge < -0.3 is 0 Å². The number of hydrogen-bond acceptors (Lipinski definition) is 0. The lowest BCUT2D eigenvalue weighted by molar-refractivity contribution is 0.931. The molecule has 0 saturated carbocycles. The number of aryl methyl sites for hydroxylation is 1. The number of rotatable bonds is 2. The monoisotopic (exact) mass is 328 g/mol. The van der Waals surface area contributed by atoms with Crippen molar-refractivity contribution in [2.24, 2.45) is 0 Å². The average molecular weight is 329 g/mol. The van der Waals surface area contributed by atoms with Crippen LogP contribution in [0.1, 0.15) is 18.9 Å². The molecule has 0 nitrogen and oxygen atoms in total. The highest BCUT2D eigenvalue weighted by Gasteiger charge is 2.12. The third-order valence-corrected chi connectivity index (χ3v) is 5.41. The van der Waals surface area contributed by atoms with Crippen molar-refractivity contribution in [1.82, 2.24) is 0 Å². The van der Waals surface area contributed by atoms with E-state index in [1.54, 1.807) is 0 Å². The van der Waals surface area contributed by atoms with Crippen LogP contribution >= 0.6 is 11.6 Å². The van der Waals surface area contributed by atoms with E-state index in [4.69, 9.17) is 11.6 Å². The molecule has 0 saturated heterocycles. The van der Waals surface area contributed by atoms with Gasteiger partial charge in [-0.2, -0.15) is 0 Å². The Balaban J connectivity index is 2.11. The second kappa shape index (κ2) is 5.09. The molecular weight excluding hydrogens is 312 g/mol. The molecule has 0 amide bonds. The predicted octanol–water partition coefficient (Wildman–Crippen LogP) is 6.49. The first-order chi connectivity index (χ1) is 11.8. The molecule has 0 spiro atoms. The van der Waals surface area contributed by atoms with E-state index in [1.807, 2.05) is 6.07 Å². The number of fused-ring (bicyclic) bond motifs is 6. The third kappa shape index (κ3) is 1.81. The van der Waals surface area contributed by atoms with Crippen molar-refractivity contribution >= 4 is 33.1 Å². The second-order valence-corrected chi connectivity index (χ2v) is 7.04. The fraction of sp³-hybridized carbons (Fsp3) is 0.130. The smallest absolute Gasteiger partial charge is 0.0412 e. The van der Waals surface area contributed by atoms with Crippen LogP contribution in [0.4, 0.5) is 0 Å². The van der Waals surface area contributed by atoms with Crippen molar-refractivity contribution < 1.29 is 0 Å². The Hall–Kier alpha value is -2.31. The minimum Gasteiger partial charge on any atom is -0.0843 e. The molecule has 0 aliphatic heterocycles. The van der Waals surface area contributed by atoms with Crippen LogP contribution in [0, 0.1) is 20.9 Å². The van der Waals surface area contributed by atoms with Gasteiger partial charge in [-0.1, -0.05) is 73.5 Å². The van der Waals surface area contributed by atoms with Gasteiger partial charge in [-0.3, -0.25) is 0 Å². The Morgan fingerprint density at radius 3 is 2.46 bits per heavy atom. The molecule has 0 radical (unpaired) electrons. The summed E-state index contributed by atoms with van der Waals surface area (Å²) in [5.74, 6) is 0. The zero-order valence-corrected chi connectivity index (χ0v) is 14.3. The van der Waals surface area contributed by atoms with Crippen LogP contribution in [-0.4, -0.2) is 0 Å². The average Bonchev–Trinajstić information content (AvgIpc) is 2.59. The first kappa shape index (κ1) is 14.1. The van der Waals surface area contributed by atoms with E-state index in [2.05, 4.69) is 61.5 Å². The molecule has 0 unspecified atom stereocenters. The largest absolute Gasteiger partial charge is 0.0843 e. The van der Waals surface area contributed by atoms with Gasteiger partial charge in [0.2, 0.25) is 0 Å². The van der Waals surface area contributed by atoms with Gasteiger partial charge in [-0.05, 0) is 66.5 Å². The molecular formula is C23H17Cl. The Labute approximate surface area is 145 Å². The van der Waals surface area contributed by atoms with Crippen LogP contribution in [0.25, 0.3) is 21.5 Å². The molecule has 0 heterocycles. The van der Waals surface area contributed by atoms with Crippen molar-refractivity contribution in [3.63, 3.8) is 0 Å². The molecule has 0 fully saturated rings. The molecule has 0 aromatic heterocycles. The number of hydrogen-bond donors (Lipinski definition) is 0. The summed E-state index contributed by atoms with van der Waals surface area (Å²) in [7, 11) is 0. The maximum Gasteiger partial charge on any atom is 0.0412 e. The molecule has 1 aliphatic rings. The van der Waals surface area contributed by atoms with Crippen molar-refractivity contribution in [2.75, 3.05) is 0 Å². The van der Waals surface area contributed by atoms with E-state index in [9.17, 15) is 0 Å². The summed E-state index contributed by atoms with van der Waals surface area (Å²) in [4.78, 5) is 0. The Morgan fingerprint density at radius 1 is 0.792 bits per heavy atom. The van der Waals surface area contributed by atoms with E-state index in [0.29, 0.717) is 0 Å². The normalized spacial score (nSPS) is 12.1. The summed E-state index contributed by atoms with van der Waals surface area (Å²) in [6.45, 7) is 2.24.